The minimum absolute atomic E-state index is 0.0958. The highest BCUT2D eigenvalue weighted by atomic mass is 35.5. The summed E-state index contributed by atoms with van der Waals surface area (Å²) in [6.45, 7) is 2.39. The Morgan fingerprint density at radius 1 is 1.11 bits per heavy atom. The van der Waals surface area contributed by atoms with Crippen molar-refractivity contribution in [1.82, 2.24) is 15.2 Å². The minimum Gasteiger partial charge on any atom is -0.459 e. The molecule has 2 aromatic heterocycles. The number of carbonyl (C=O) groups is 1. The first kappa shape index (κ1) is 25.3. The summed E-state index contributed by atoms with van der Waals surface area (Å²) in [7, 11) is 0. The summed E-state index contributed by atoms with van der Waals surface area (Å²) in [5, 5.41) is 7.93. The largest absolute Gasteiger partial charge is 0.459 e. The summed E-state index contributed by atoms with van der Waals surface area (Å²) in [5.41, 5.74) is 3.41. The van der Waals surface area contributed by atoms with Gasteiger partial charge < -0.3 is 20.0 Å². The van der Waals surface area contributed by atoms with Crippen LogP contribution in [0.5, 0.6) is 0 Å². The normalized spacial score (nSPS) is 17.1. The third-order valence-corrected chi connectivity index (χ3v) is 7.09. The summed E-state index contributed by atoms with van der Waals surface area (Å²) < 4.78 is 6.32. The van der Waals surface area contributed by atoms with Crippen LogP contribution in [-0.2, 0) is 4.79 Å². The Balaban J connectivity index is 1.41. The molecule has 0 saturated carbocycles. The number of pyridine rings is 1. The number of carbonyl (C=O) groups excluding carboxylic acids is 1. The van der Waals surface area contributed by atoms with Crippen molar-refractivity contribution >= 4 is 52.1 Å². The molecule has 0 radical (unpaired) electrons. The third-order valence-electron chi connectivity index (χ3n) is 6.19. The van der Waals surface area contributed by atoms with E-state index in [4.69, 9.17) is 39.8 Å². The number of thiocarbonyl (C=S) groups is 1. The fourth-order valence-corrected chi connectivity index (χ4v) is 5.30. The van der Waals surface area contributed by atoms with Gasteiger partial charge in [-0.25, -0.2) is 0 Å². The smallest absolute Gasteiger partial charge is 0.226 e. The van der Waals surface area contributed by atoms with Crippen LogP contribution >= 0.6 is 35.4 Å². The molecule has 1 aliphatic heterocycles. The number of benzene rings is 2. The van der Waals surface area contributed by atoms with Crippen LogP contribution in [0.2, 0.25) is 10.0 Å². The van der Waals surface area contributed by atoms with Crippen LogP contribution in [0.15, 0.2) is 83.4 Å². The quantitative estimate of drug-likeness (QED) is 0.242. The summed E-state index contributed by atoms with van der Waals surface area (Å²) in [6.07, 6.45) is 1.99. The number of nitrogens with one attached hydrogen (secondary N) is 2. The van der Waals surface area contributed by atoms with E-state index in [-0.39, 0.29) is 24.4 Å². The molecule has 9 heteroatoms. The molecule has 2 atom stereocenters. The summed E-state index contributed by atoms with van der Waals surface area (Å²) in [4.78, 5) is 19.3. The number of anilines is 1. The zero-order valence-corrected chi connectivity index (χ0v) is 22.3. The number of rotatable bonds is 7. The SMILES string of the molecule is Cc1cccc(NC(=O)CCN2C(=S)N[C@@H](c3ccccn3)[C@@H]2c2ccc(-c3ccc(Cl)cc3Cl)o2)c1. The predicted molar refractivity (Wildman–Crippen MR) is 151 cm³/mol. The Kier molecular flexibility index (Phi) is 7.46. The molecule has 2 aromatic carbocycles. The molecule has 188 valence electrons. The number of aryl methyl sites for hydroxylation is 1. The standard InChI is InChI=1S/C28H24Cl2N4O2S/c1-17-5-4-6-19(15-17)32-25(35)12-14-34-27(26(33-28(34)37)22-7-2-3-13-31-22)24-11-10-23(36-24)20-9-8-18(29)16-21(20)30/h2-11,13,15-16,26-27H,12,14H2,1H3,(H,32,35)(H,33,37)/t26-,27-/m0/s1. The first-order valence-electron chi connectivity index (χ1n) is 11.8. The van der Waals surface area contributed by atoms with E-state index in [2.05, 4.69) is 15.6 Å². The summed E-state index contributed by atoms with van der Waals surface area (Å²) in [6, 6.07) is 22.0. The van der Waals surface area contributed by atoms with Crippen molar-refractivity contribution in [2.24, 2.45) is 0 Å². The van der Waals surface area contributed by atoms with Crippen LogP contribution in [0, 0.1) is 6.92 Å². The van der Waals surface area contributed by atoms with E-state index in [9.17, 15) is 4.79 Å². The maximum absolute atomic E-state index is 12.8. The predicted octanol–water partition coefficient (Wildman–Crippen LogP) is 6.96. The van der Waals surface area contributed by atoms with Crippen LogP contribution < -0.4 is 10.6 Å². The van der Waals surface area contributed by atoms with Gasteiger partial charge in [0, 0.05) is 35.4 Å². The van der Waals surface area contributed by atoms with Gasteiger partial charge in [0.05, 0.1) is 16.8 Å². The summed E-state index contributed by atoms with van der Waals surface area (Å²) >= 11 is 18.2. The van der Waals surface area contributed by atoms with E-state index in [1.807, 2.05) is 72.5 Å². The fourth-order valence-electron chi connectivity index (χ4n) is 4.47. The molecule has 0 spiro atoms. The molecule has 2 N–H and O–H groups in total. The van der Waals surface area contributed by atoms with Gasteiger partial charge in [-0.15, -0.1) is 0 Å². The van der Waals surface area contributed by atoms with Crippen molar-refractivity contribution in [3.63, 3.8) is 0 Å². The van der Waals surface area contributed by atoms with E-state index in [1.54, 1.807) is 18.3 Å². The van der Waals surface area contributed by atoms with Crippen LogP contribution in [0.1, 0.15) is 35.5 Å². The van der Waals surface area contributed by atoms with Gasteiger partial charge >= 0.3 is 0 Å². The molecule has 0 aliphatic carbocycles. The van der Waals surface area contributed by atoms with E-state index < -0.39 is 0 Å². The maximum Gasteiger partial charge on any atom is 0.226 e. The molecule has 1 aliphatic rings. The van der Waals surface area contributed by atoms with Crippen LogP contribution in [0.3, 0.4) is 0 Å². The number of aromatic nitrogens is 1. The molecule has 0 bridgehead atoms. The van der Waals surface area contributed by atoms with Gasteiger partial charge in [-0.3, -0.25) is 9.78 Å². The van der Waals surface area contributed by atoms with Crippen molar-refractivity contribution < 1.29 is 9.21 Å². The lowest BCUT2D eigenvalue weighted by atomic mass is 10.0. The Morgan fingerprint density at radius 3 is 2.73 bits per heavy atom. The van der Waals surface area contributed by atoms with Crippen molar-refractivity contribution in [3.05, 3.63) is 106 Å². The summed E-state index contributed by atoms with van der Waals surface area (Å²) in [5.74, 6) is 1.20. The molecular formula is C28H24Cl2N4O2S. The van der Waals surface area contributed by atoms with E-state index >= 15 is 0 Å². The lowest BCUT2D eigenvalue weighted by molar-refractivity contribution is -0.116. The average molecular weight is 551 g/mol. The Morgan fingerprint density at radius 2 is 1.97 bits per heavy atom. The lowest BCUT2D eigenvalue weighted by Gasteiger charge is -2.25. The number of halogens is 2. The van der Waals surface area contributed by atoms with E-state index in [0.717, 1.165) is 22.5 Å². The molecule has 5 rings (SSSR count). The molecule has 0 unspecified atom stereocenters. The second kappa shape index (κ2) is 10.9. The van der Waals surface area contributed by atoms with Crippen molar-refractivity contribution in [1.29, 1.82) is 0 Å². The van der Waals surface area contributed by atoms with Crippen molar-refractivity contribution in [2.75, 3.05) is 11.9 Å². The molecule has 1 amide bonds. The van der Waals surface area contributed by atoms with E-state index in [1.165, 1.54) is 0 Å². The number of furan rings is 1. The second-order valence-electron chi connectivity index (χ2n) is 8.81. The number of hydrogen-bond donors (Lipinski definition) is 2. The highest BCUT2D eigenvalue weighted by Gasteiger charge is 2.41. The first-order valence-corrected chi connectivity index (χ1v) is 13.0. The molecule has 6 nitrogen and oxygen atoms in total. The number of amides is 1. The van der Waals surface area contributed by atoms with Gasteiger partial charge in [-0.2, -0.15) is 0 Å². The molecule has 4 aromatic rings. The van der Waals surface area contributed by atoms with Crippen molar-refractivity contribution in [3.8, 4) is 11.3 Å². The number of nitrogens with zero attached hydrogens (tertiary/aromatic N) is 2. The van der Waals surface area contributed by atoms with Gasteiger partial charge in [0.1, 0.15) is 17.6 Å². The third kappa shape index (κ3) is 5.64. The highest BCUT2D eigenvalue weighted by molar-refractivity contribution is 7.80. The lowest BCUT2D eigenvalue weighted by Crippen LogP contribution is -2.32. The average Bonchev–Trinajstić information content (AvgIpc) is 3.47. The maximum atomic E-state index is 12.8. The fraction of sp³-hybridized carbons (Fsp3) is 0.179. The monoisotopic (exact) mass is 550 g/mol. The Labute approximate surface area is 230 Å². The molecule has 3 heterocycles. The molecular weight excluding hydrogens is 527 g/mol. The zero-order chi connectivity index (χ0) is 25.9. The van der Waals surface area contributed by atoms with Crippen LogP contribution in [-0.4, -0.2) is 27.4 Å². The topological polar surface area (TPSA) is 70.4 Å². The molecule has 37 heavy (non-hydrogen) atoms. The molecule has 1 saturated heterocycles. The van der Waals surface area contributed by atoms with Crippen LogP contribution in [0.25, 0.3) is 11.3 Å². The van der Waals surface area contributed by atoms with Gasteiger partial charge in [0.15, 0.2) is 5.11 Å². The first-order chi connectivity index (χ1) is 17.9. The van der Waals surface area contributed by atoms with Gasteiger partial charge in [0.2, 0.25) is 5.91 Å². The van der Waals surface area contributed by atoms with Crippen LogP contribution in [0.4, 0.5) is 5.69 Å². The zero-order valence-electron chi connectivity index (χ0n) is 19.9. The molecule has 1 fully saturated rings. The Hall–Kier alpha value is -3.39. The van der Waals surface area contributed by atoms with Gasteiger partial charge in [0.25, 0.3) is 0 Å². The highest BCUT2D eigenvalue weighted by Crippen LogP contribution is 2.41. The van der Waals surface area contributed by atoms with Gasteiger partial charge in [-0.05, 0) is 79.3 Å². The van der Waals surface area contributed by atoms with Crippen molar-refractivity contribution in [2.45, 2.75) is 25.4 Å². The Bertz CT molecular complexity index is 1440. The number of hydrogen-bond acceptors (Lipinski definition) is 4. The van der Waals surface area contributed by atoms with E-state index in [0.29, 0.717) is 33.2 Å². The van der Waals surface area contributed by atoms with Gasteiger partial charge in [-0.1, -0.05) is 41.4 Å². The second-order valence-corrected chi connectivity index (χ2v) is 10.0. The minimum atomic E-state index is -0.311.